The van der Waals surface area contributed by atoms with E-state index in [1.807, 2.05) is 0 Å². The molecule has 0 aromatic carbocycles. The second-order valence-electron chi connectivity index (χ2n) is 2.08. The lowest BCUT2D eigenvalue weighted by molar-refractivity contribution is -0.139. The summed E-state index contributed by atoms with van der Waals surface area (Å²) in [4.78, 5) is 10.3. The van der Waals surface area contributed by atoms with Crippen LogP contribution in [0.3, 0.4) is 0 Å². The molecule has 2 N–H and O–H groups in total. The highest BCUT2D eigenvalue weighted by Crippen LogP contribution is 2.03. The molecular formula is C7H9NO3. The number of hydrogen-bond donors (Lipinski definition) is 2. The molecule has 1 heterocycles. The summed E-state index contributed by atoms with van der Waals surface area (Å²) in [7, 11) is 0. The number of aliphatic hydroxyl groups excluding tert-OH is 1. The summed E-state index contributed by atoms with van der Waals surface area (Å²) >= 11 is 0. The molecule has 1 aliphatic rings. The van der Waals surface area contributed by atoms with E-state index in [0.29, 0.717) is 6.42 Å². The van der Waals surface area contributed by atoms with E-state index < -0.39 is 0 Å². The van der Waals surface area contributed by atoms with Crippen LogP contribution in [0.4, 0.5) is 0 Å². The van der Waals surface area contributed by atoms with Gasteiger partial charge < -0.3 is 15.2 Å². The minimum atomic E-state index is -0.171. The molecule has 1 fully saturated rings. The Morgan fingerprint density at radius 1 is 1.73 bits per heavy atom. The number of carbonyl (C=O) groups is 1. The van der Waals surface area contributed by atoms with Gasteiger partial charge in [-0.15, -0.1) is 0 Å². The number of β-lactam (4-membered cyclic amide) rings is 1. The summed E-state index contributed by atoms with van der Waals surface area (Å²) in [6.07, 6.45) is 0.247. The molecule has 11 heavy (non-hydrogen) atoms. The lowest BCUT2D eigenvalue weighted by atomic mass is 10.2. The fourth-order valence-electron chi connectivity index (χ4n) is 0.677. The van der Waals surface area contributed by atoms with Crippen molar-refractivity contribution in [1.82, 2.24) is 5.32 Å². The van der Waals surface area contributed by atoms with Crippen LogP contribution in [0.1, 0.15) is 6.42 Å². The van der Waals surface area contributed by atoms with Crippen LogP contribution in [0.15, 0.2) is 0 Å². The topological polar surface area (TPSA) is 58.6 Å². The van der Waals surface area contributed by atoms with Gasteiger partial charge in [-0.3, -0.25) is 4.79 Å². The van der Waals surface area contributed by atoms with Gasteiger partial charge in [-0.2, -0.15) is 0 Å². The van der Waals surface area contributed by atoms with Crippen LogP contribution in [-0.2, 0) is 9.53 Å². The Morgan fingerprint density at radius 2 is 2.45 bits per heavy atom. The molecule has 0 saturated carbocycles. The molecule has 1 unspecified atom stereocenters. The van der Waals surface area contributed by atoms with Crippen molar-refractivity contribution in [2.24, 2.45) is 0 Å². The van der Waals surface area contributed by atoms with E-state index in [0.717, 1.165) is 0 Å². The maximum absolute atomic E-state index is 10.3. The number of aliphatic hydroxyl groups is 1. The molecule has 60 valence electrons. The molecule has 0 aromatic rings. The maximum Gasteiger partial charge on any atom is 0.226 e. The first-order valence-electron chi connectivity index (χ1n) is 3.30. The van der Waals surface area contributed by atoms with Gasteiger partial charge in [-0.25, -0.2) is 0 Å². The summed E-state index contributed by atoms with van der Waals surface area (Å²) in [6.45, 7) is 0.103. The Kier molecular flexibility index (Phi) is 2.90. The van der Waals surface area contributed by atoms with Crippen molar-refractivity contribution in [2.75, 3.05) is 13.2 Å². The second kappa shape index (κ2) is 3.96. The van der Waals surface area contributed by atoms with Gasteiger partial charge in [0, 0.05) is 0 Å². The predicted octanol–water partition coefficient (Wildman–Crippen LogP) is -1.16. The van der Waals surface area contributed by atoms with Gasteiger partial charge in [0.2, 0.25) is 5.91 Å². The van der Waals surface area contributed by atoms with Crippen LogP contribution < -0.4 is 5.32 Å². The first-order chi connectivity index (χ1) is 5.33. The normalized spacial score (nSPS) is 21.2. The average Bonchev–Trinajstić information content (AvgIpc) is 1.94. The molecule has 1 saturated heterocycles. The molecule has 1 amide bonds. The average molecular weight is 155 g/mol. The number of ether oxygens (including phenoxy) is 1. The Hall–Kier alpha value is -1.05. The van der Waals surface area contributed by atoms with Crippen LogP contribution in [0.25, 0.3) is 0 Å². The van der Waals surface area contributed by atoms with E-state index in [9.17, 15) is 4.79 Å². The number of nitrogens with one attached hydrogen (secondary N) is 1. The zero-order chi connectivity index (χ0) is 8.10. The fraction of sp³-hybridized carbons (Fsp3) is 0.571. The third kappa shape index (κ3) is 2.58. The Balaban J connectivity index is 2.00. The van der Waals surface area contributed by atoms with Gasteiger partial charge in [-0.1, -0.05) is 11.8 Å². The van der Waals surface area contributed by atoms with E-state index in [1.54, 1.807) is 0 Å². The number of carbonyl (C=O) groups excluding carboxylic acids is 1. The lowest BCUT2D eigenvalue weighted by Crippen LogP contribution is -2.50. The molecular weight excluding hydrogens is 146 g/mol. The van der Waals surface area contributed by atoms with E-state index in [-0.39, 0.29) is 25.3 Å². The van der Waals surface area contributed by atoms with Crippen molar-refractivity contribution in [3.8, 4) is 11.8 Å². The minimum absolute atomic E-state index is 0.00474. The zero-order valence-corrected chi connectivity index (χ0v) is 5.96. The Bertz CT molecular complexity index is 195. The minimum Gasteiger partial charge on any atom is -0.384 e. The fourth-order valence-corrected chi connectivity index (χ4v) is 0.677. The molecule has 0 bridgehead atoms. The molecule has 0 radical (unpaired) electrons. The van der Waals surface area contributed by atoms with Crippen molar-refractivity contribution < 1.29 is 14.6 Å². The van der Waals surface area contributed by atoms with Gasteiger partial charge in [0.1, 0.15) is 19.4 Å². The Morgan fingerprint density at radius 3 is 3.00 bits per heavy atom. The molecule has 4 heteroatoms. The first-order valence-corrected chi connectivity index (χ1v) is 3.30. The van der Waals surface area contributed by atoms with E-state index in [4.69, 9.17) is 9.84 Å². The highest BCUT2D eigenvalue weighted by atomic mass is 16.5. The lowest BCUT2D eigenvalue weighted by Gasteiger charge is -2.25. The Labute approximate surface area is 64.5 Å². The summed E-state index contributed by atoms with van der Waals surface area (Å²) < 4.78 is 5.03. The monoisotopic (exact) mass is 155 g/mol. The molecule has 0 spiro atoms. The largest absolute Gasteiger partial charge is 0.384 e. The van der Waals surface area contributed by atoms with Crippen LogP contribution in [0, 0.1) is 11.8 Å². The van der Waals surface area contributed by atoms with Crippen molar-refractivity contribution in [3.05, 3.63) is 0 Å². The van der Waals surface area contributed by atoms with Gasteiger partial charge in [0.25, 0.3) is 0 Å². The van der Waals surface area contributed by atoms with Crippen molar-refractivity contribution in [2.45, 2.75) is 12.6 Å². The number of rotatable bonds is 2. The standard InChI is InChI=1S/C7H9NO3/c9-3-1-2-4-11-7-5-6(10)8-7/h7,9H,3-5H2,(H,8,10). The van der Waals surface area contributed by atoms with E-state index >= 15 is 0 Å². The predicted molar refractivity (Wildman–Crippen MR) is 37.4 cm³/mol. The van der Waals surface area contributed by atoms with Gasteiger partial charge in [0.05, 0.1) is 6.42 Å². The quantitative estimate of drug-likeness (QED) is 0.391. The maximum atomic E-state index is 10.3. The summed E-state index contributed by atoms with van der Waals surface area (Å²) in [5.41, 5.74) is 0. The van der Waals surface area contributed by atoms with Crippen LogP contribution in [0.5, 0.6) is 0 Å². The molecule has 0 aromatic heterocycles. The SMILES string of the molecule is O=C1CC(OCC#CCO)N1. The molecule has 1 rings (SSSR count). The van der Waals surface area contributed by atoms with Crippen molar-refractivity contribution >= 4 is 5.91 Å². The third-order valence-electron chi connectivity index (χ3n) is 1.25. The van der Waals surface area contributed by atoms with Crippen LogP contribution in [0.2, 0.25) is 0 Å². The highest BCUT2D eigenvalue weighted by Gasteiger charge is 2.24. The second-order valence-corrected chi connectivity index (χ2v) is 2.08. The molecule has 1 atom stereocenters. The number of hydrogen-bond acceptors (Lipinski definition) is 3. The van der Waals surface area contributed by atoms with E-state index in [1.165, 1.54) is 0 Å². The van der Waals surface area contributed by atoms with Crippen LogP contribution in [-0.4, -0.2) is 30.5 Å². The van der Waals surface area contributed by atoms with Gasteiger partial charge in [0.15, 0.2) is 0 Å². The van der Waals surface area contributed by atoms with E-state index in [2.05, 4.69) is 17.2 Å². The summed E-state index contributed by atoms with van der Waals surface area (Å²) in [5.74, 6) is 5.01. The van der Waals surface area contributed by atoms with Gasteiger partial charge in [-0.05, 0) is 0 Å². The summed E-state index contributed by atoms with van der Waals surface area (Å²) in [5, 5.41) is 10.8. The number of amides is 1. The van der Waals surface area contributed by atoms with Crippen molar-refractivity contribution in [3.63, 3.8) is 0 Å². The molecule has 4 nitrogen and oxygen atoms in total. The zero-order valence-electron chi connectivity index (χ0n) is 5.96. The molecule has 0 aliphatic carbocycles. The smallest absolute Gasteiger partial charge is 0.226 e. The summed E-state index contributed by atoms with van der Waals surface area (Å²) in [6, 6.07) is 0. The first kappa shape index (κ1) is 8.05. The molecule has 1 aliphatic heterocycles. The van der Waals surface area contributed by atoms with Crippen molar-refractivity contribution in [1.29, 1.82) is 0 Å². The van der Waals surface area contributed by atoms with Gasteiger partial charge >= 0.3 is 0 Å². The highest BCUT2D eigenvalue weighted by molar-refractivity contribution is 5.82. The third-order valence-corrected chi connectivity index (χ3v) is 1.25. The van der Waals surface area contributed by atoms with Crippen LogP contribution >= 0.6 is 0 Å².